The molecule has 2 aliphatic rings. The van der Waals surface area contributed by atoms with Crippen LogP contribution in [0.2, 0.25) is 0 Å². The number of guanidine groups is 1. The third-order valence-electron chi connectivity index (χ3n) is 6.44. The fraction of sp³-hybridized carbons (Fsp3) is 0.955. The van der Waals surface area contributed by atoms with Crippen molar-refractivity contribution in [3.63, 3.8) is 0 Å². The summed E-state index contributed by atoms with van der Waals surface area (Å²) in [6, 6.07) is 0.496. The lowest BCUT2D eigenvalue weighted by atomic mass is 9.85. The summed E-state index contributed by atoms with van der Waals surface area (Å²) in [7, 11) is 1.89. The number of likely N-dealkylation sites (N-methyl/N-ethyl adjacent to an activating group) is 1. The van der Waals surface area contributed by atoms with Gasteiger partial charge in [-0.3, -0.25) is 4.99 Å². The van der Waals surface area contributed by atoms with Gasteiger partial charge in [0.25, 0.3) is 0 Å². The van der Waals surface area contributed by atoms with Gasteiger partial charge in [-0.15, -0.1) is 24.0 Å². The monoisotopic (exact) mass is 507 g/mol. The smallest absolute Gasteiger partial charge is 0.191 e. The highest BCUT2D eigenvalue weighted by atomic mass is 127. The second-order valence-corrected chi connectivity index (χ2v) is 8.92. The Hall–Kier alpha value is -0.0800. The minimum absolute atomic E-state index is 0. The third-order valence-corrected chi connectivity index (χ3v) is 6.44. The van der Waals surface area contributed by atoms with Crippen molar-refractivity contribution in [2.24, 2.45) is 16.8 Å². The summed E-state index contributed by atoms with van der Waals surface area (Å²) in [5.74, 6) is 2.56. The predicted octanol–water partition coefficient (Wildman–Crippen LogP) is 3.79. The van der Waals surface area contributed by atoms with Crippen LogP contribution in [0.4, 0.5) is 0 Å². The zero-order valence-electron chi connectivity index (χ0n) is 18.9. The number of halogens is 1. The van der Waals surface area contributed by atoms with E-state index in [2.05, 4.69) is 46.2 Å². The molecule has 2 rings (SSSR count). The highest BCUT2D eigenvalue weighted by Crippen LogP contribution is 2.27. The van der Waals surface area contributed by atoms with Gasteiger partial charge in [0, 0.05) is 52.4 Å². The molecule has 1 saturated carbocycles. The minimum Gasteiger partial charge on any atom is -0.356 e. The third kappa shape index (κ3) is 10.1. The van der Waals surface area contributed by atoms with Crippen molar-refractivity contribution in [1.82, 2.24) is 20.4 Å². The number of aliphatic imine (C=N–C) groups is 1. The summed E-state index contributed by atoms with van der Waals surface area (Å²) in [6.45, 7) is 15.1. The molecule has 0 aromatic rings. The second kappa shape index (κ2) is 14.8. The Bertz CT molecular complexity index is 417. The van der Waals surface area contributed by atoms with Crippen molar-refractivity contribution < 1.29 is 0 Å². The van der Waals surface area contributed by atoms with Gasteiger partial charge in [-0.2, -0.15) is 0 Å². The molecule has 28 heavy (non-hydrogen) atoms. The van der Waals surface area contributed by atoms with Crippen LogP contribution in [0.1, 0.15) is 65.7 Å². The Labute approximate surface area is 191 Å². The van der Waals surface area contributed by atoms with Crippen molar-refractivity contribution >= 4 is 29.9 Å². The molecule has 6 heteroatoms. The molecule has 2 fully saturated rings. The van der Waals surface area contributed by atoms with Gasteiger partial charge in [-0.05, 0) is 38.1 Å². The van der Waals surface area contributed by atoms with Gasteiger partial charge in [-0.25, -0.2) is 0 Å². The van der Waals surface area contributed by atoms with Gasteiger partial charge in [0.05, 0.1) is 0 Å². The fourth-order valence-electron chi connectivity index (χ4n) is 4.53. The molecule has 0 amide bonds. The summed E-state index contributed by atoms with van der Waals surface area (Å²) in [6.07, 6.45) is 9.86. The zero-order valence-corrected chi connectivity index (χ0v) is 21.2. The van der Waals surface area contributed by atoms with Gasteiger partial charge in [0.1, 0.15) is 0 Å². The first-order valence-electron chi connectivity index (χ1n) is 11.5. The standard InChI is InChI=1S/C22H45N5.HI/c1-5-26-13-15-27(16-14-26)18-19(2)17-24-22(23-4)25-20(3)11-12-21-9-7-6-8-10-21;/h19-21H,5-18H2,1-4H3,(H2,23,24,25);1H. The molecule has 1 saturated heterocycles. The Morgan fingerprint density at radius 1 is 1.04 bits per heavy atom. The van der Waals surface area contributed by atoms with E-state index in [1.165, 1.54) is 84.2 Å². The van der Waals surface area contributed by atoms with Gasteiger partial charge < -0.3 is 20.4 Å². The number of hydrogen-bond donors (Lipinski definition) is 2. The first kappa shape index (κ1) is 26.0. The van der Waals surface area contributed by atoms with Crippen LogP contribution in [-0.4, -0.2) is 74.7 Å². The molecule has 2 unspecified atom stereocenters. The van der Waals surface area contributed by atoms with E-state index >= 15 is 0 Å². The van der Waals surface area contributed by atoms with Crippen LogP contribution in [0.5, 0.6) is 0 Å². The molecule has 2 atom stereocenters. The summed E-state index contributed by atoms with van der Waals surface area (Å²) < 4.78 is 0. The average Bonchev–Trinajstić information content (AvgIpc) is 2.71. The summed E-state index contributed by atoms with van der Waals surface area (Å²) in [4.78, 5) is 9.59. The maximum Gasteiger partial charge on any atom is 0.191 e. The number of rotatable bonds is 9. The first-order valence-corrected chi connectivity index (χ1v) is 11.5. The summed E-state index contributed by atoms with van der Waals surface area (Å²) in [5, 5.41) is 7.15. The van der Waals surface area contributed by atoms with E-state index in [1.54, 1.807) is 0 Å². The molecule has 0 radical (unpaired) electrons. The Kier molecular flexibility index (Phi) is 13.7. The lowest BCUT2D eigenvalue weighted by molar-refractivity contribution is 0.124. The molecule has 0 spiro atoms. The zero-order chi connectivity index (χ0) is 19.5. The van der Waals surface area contributed by atoms with E-state index in [-0.39, 0.29) is 24.0 Å². The predicted molar refractivity (Wildman–Crippen MR) is 133 cm³/mol. The second-order valence-electron chi connectivity index (χ2n) is 8.92. The molecule has 1 aliphatic heterocycles. The Morgan fingerprint density at radius 2 is 1.68 bits per heavy atom. The van der Waals surface area contributed by atoms with Crippen molar-refractivity contribution in [3.05, 3.63) is 0 Å². The molecule has 166 valence electrons. The molecule has 1 aliphatic carbocycles. The molecule has 1 heterocycles. The van der Waals surface area contributed by atoms with E-state index in [1.807, 2.05) is 7.05 Å². The Morgan fingerprint density at radius 3 is 2.29 bits per heavy atom. The number of nitrogens with zero attached hydrogens (tertiary/aromatic N) is 3. The van der Waals surface area contributed by atoms with Crippen LogP contribution in [0.15, 0.2) is 4.99 Å². The summed E-state index contributed by atoms with van der Waals surface area (Å²) >= 11 is 0. The largest absolute Gasteiger partial charge is 0.356 e. The highest BCUT2D eigenvalue weighted by molar-refractivity contribution is 14.0. The summed E-state index contributed by atoms with van der Waals surface area (Å²) in [5.41, 5.74) is 0. The number of piperazine rings is 1. The molecule has 0 aromatic carbocycles. The van der Waals surface area contributed by atoms with E-state index < -0.39 is 0 Å². The molecule has 0 aromatic heterocycles. The van der Waals surface area contributed by atoms with Crippen LogP contribution >= 0.6 is 24.0 Å². The van der Waals surface area contributed by atoms with Crippen LogP contribution < -0.4 is 10.6 Å². The normalized spacial score (nSPS) is 22.4. The van der Waals surface area contributed by atoms with Crippen LogP contribution in [0.25, 0.3) is 0 Å². The molecule has 0 bridgehead atoms. The van der Waals surface area contributed by atoms with Crippen LogP contribution in [-0.2, 0) is 0 Å². The van der Waals surface area contributed by atoms with Crippen LogP contribution in [0, 0.1) is 11.8 Å². The Balaban J connectivity index is 0.00000392. The molecule has 5 nitrogen and oxygen atoms in total. The lowest BCUT2D eigenvalue weighted by Crippen LogP contribution is -2.49. The number of hydrogen-bond acceptors (Lipinski definition) is 3. The van der Waals surface area contributed by atoms with Crippen molar-refractivity contribution in [3.8, 4) is 0 Å². The van der Waals surface area contributed by atoms with Crippen molar-refractivity contribution in [1.29, 1.82) is 0 Å². The fourth-order valence-corrected chi connectivity index (χ4v) is 4.53. The topological polar surface area (TPSA) is 42.9 Å². The van der Waals surface area contributed by atoms with E-state index in [0.29, 0.717) is 12.0 Å². The van der Waals surface area contributed by atoms with E-state index in [4.69, 9.17) is 0 Å². The van der Waals surface area contributed by atoms with Gasteiger partial charge in [-0.1, -0.05) is 46.0 Å². The minimum atomic E-state index is 0. The quantitative estimate of drug-likeness (QED) is 0.283. The number of nitrogens with one attached hydrogen (secondary N) is 2. The van der Waals surface area contributed by atoms with Crippen LogP contribution in [0.3, 0.4) is 0 Å². The SMILES string of the molecule is CCN1CCN(CC(C)CNC(=NC)NC(C)CCC2CCCCC2)CC1.I. The van der Waals surface area contributed by atoms with Crippen molar-refractivity contribution in [2.45, 2.75) is 71.8 Å². The first-order chi connectivity index (χ1) is 13.1. The van der Waals surface area contributed by atoms with Gasteiger partial charge in [0.15, 0.2) is 5.96 Å². The molecular formula is C22H46IN5. The van der Waals surface area contributed by atoms with Crippen molar-refractivity contribution in [2.75, 3.05) is 52.9 Å². The van der Waals surface area contributed by atoms with Gasteiger partial charge in [0.2, 0.25) is 0 Å². The maximum atomic E-state index is 4.44. The lowest BCUT2D eigenvalue weighted by Gasteiger charge is -2.35. The van der Waals surface area contributed by atoms with Gasteiger partial charge >= 0.3 is 0 Å². The highest BCUT2D eigenvalue weighted by Gasteiger charge is 2.18. The van der Waals surface area contributed by atoms with E-state index in [0.717, 1.165) is 18.4 Å². The van der Waals surface area contributed by atoms with E-state index in [9.17, 15) is 0 Å². The molecular weight excluding hydrogens is 461 g/mol. The molecule has 2 N–H and O–H groups in total. The average molecular weight is 508 g/mol. The maximum absolute atomic E-state index is 4.44.